The molecule has 1 aromatic rings. The second-order valence-corrected chi connectivity index (χ2v) is 3.72. The number of aromatic amines is 1. The zero-order valence-electron chi connectivity index (χ0n) is 9.69. The fraction of sp³-hybridized carbons (Fsp3) is 0.455. The highest BCUT2D eigenvalue weighted by molar-refractivity contribution is 5.93. The third-order valence-electron chi connectivity index (χ3n) is 2.09. The van der Waals surface area contributed by atoms with Crippen LogP contribution < -0.4 is 16.2 Å². The molecule has 0 aliphatic heterocycles. The molecule has 6 heteroatoms. The van der Waals surface area contributed by atoms with Crippen molar-refractivity contribution in [1.82, 2.24) is 15.6 Å². The van der Waals surface area contributed by atoms with Crippen molar-refractivity contribution in [3.63, 3.8) is 0 Å². The summed E-state index contributed by atoms with van der Waals surface area (Å²) in [6.45, 7) is 3.10. The van der Waals surface area contributed by atoms with Crippen molar-refractivity contribution in [3.8, 4) is 0 Å². The van der Waals surface area contributed by atoms with E-state index in [1.54, 1.807) is 13.0 Å². The first-order valence-corrected chi connectivity index (χ1v) is 5.46. The van der Waals surface area contributed by atoms with Gasteiger partial charge in [-0.1, -0.05) is 0 Å². The fourth-order valence-corrected chi connectivity index (χ4v) is 1.27. The third kappa shape index (κ3) is 4.80. The Morgan fingerprint density at radius 1 is 1.53 bits per heavy atom. The van der Waals surface area contributed by atoms with E-state index in [1.165, 1.54) is 12.3 Å². The van der Waals surface area contributed by atoms with Crippen molar-refractivity contribution in [2.75, 3.05) is 19.6 Å². The molecule has 0 aromatic carbocycles. The van der Waals surface area contributed by atoms with Crippen LogP contribution in [0.1, 0.15) is 17.3 Å². The number of aliphatic hydroxyl groups excluding tert-OH is 1. The molecular formula is C11H17N3O3. The molecule has 4 N–H and O–H groups in total. The summed E-state index contributed by atoms with van der Waals surface area (Å²) in [7, 11) is 0. The van der Waals surface area contributed by atoms with Crippen molar-refractivity contribution in [3.05, 3.63) is 34.2 Å². The molecule has 17 heavy (non-hydrogen) atoms. The van der Waals surface area contributed by atoms with E-state index < -0.39 is 17.6 Å². The molecular weight excluding hydrogens is 222 g/mol. The minimum Gasteiger partial charge on any atom is -0.392 e. The first kappa shape index (κ1) is 13.4. The Kier molecular flexibility index (Phi) is 5.38. The van der Waals surface area contributed by atoms with Crippen LogP contribution in [0.15, 0.2) is 23.1 Å². The number of H-pyrrole nitrogens is 1. The van der Waals surface area contributed by atoms with E-state index in [1.807, 2.05) is 0 Å². The van der Waals surface area contributed by atoms with E-state index >= 15 is 0 Å². The second kappa shape index (κ2) is 6.82. The van der Waals surface area contributed by atoms with Crippen molar-refractivity contribution in [1.29, 1.82) is 0 Å². The van der Waals surface area contributed by atoms with Gasteiger partial charge >= 0.3 is 0 Å². The number of pyridine rings is 1. The Morgan fingerprint density at radius 3 is 2.94 bits per heavy atom. The molecule has 0 radical (unpaired) electrons. The van der Waals surface area contributed by atoms with Crippen molar-refractivity contribution >= 4 is 5.91 Å². The van der Waals surface area contributed by atoms with Gasteiger partial charge in [0.05, 0.1) is 6.10 Å². The van der Waals surface area contributed by atoms with Gasteiger partial charge in [0.25, 0.3) is 11.5 Å². The highest BCUT2D eigenvalue weighted by Gasteiger charge is 2.07. The lowest BCUT2D eigenvalue weighted by molar-refractivity contribution is 0.0952. The standard InChI is InChI=1S/C11H17N3O3/c1-8(15)7-12-5-6-14-11(17)9-3-2-4-13-10(9)16/h2-4,8,12,15H,5-7H2,1H3,(H,13,16)(H,14,17). The number of carbonyl (C=O) groups is 1. The molecule has 1 atom stereocenters. The molecule has 0 saturated carbocycles. The van der Waals surface area contributed by atoms with Crippen molar-refractivity contribution in [2.45, 2.75) is 13.0 Å². The summed E-state index contributed by atoms with van der Waals surface area (Å²) in [5.41, 5.74) is -0.301. The minimum atomic E-state index is -0.414. The summed E-state index contributed by atoms with van der Waals surface area (Å²) >= 11 is 0. The van der Waals surface area contributed by atoms with E-state index in [9.17, 15) is 9.59 Å². The van der Waals surface area contributed by atoms with Crippen LogP contribution in [-0.2, 0) is 0 Å². The summed E-state index contributed by atoms with van der Waals surface area (Å²) < 4.78 is 0. The van der Waals surface area contributed by atoms with Gasteiger partial charge in [0.1, 0.15) is 5.56 Å². The predicted molar refractivity (Wildman–Crippen MR) is 63.9 cm³/mol. The van der Waals surface area contributed by atoms with Crippen molar-refractivity contribution in [2.24, 2.45) is 0 Å². The van der Waals surface area contributed by atoms with Crippen LogP contribution in [0.5, 0.6) is 0 Å². The van der Waals surface area contributed by atoms with E-state index in [0.717, 1.165) is 0 Å². The number of rotatable bonds is 6. The maximum absolute atomic E-state index is 11.6. The zero-order valence-corrected chi connectivity index (χ0v) is 9.69. The van der Waals surface area contributed by atoms with Gasteiger partial charge in [0, 0.05) is 25.8 Å². The molecule has 0 spiro atoms. The van der Waals surface area contributed by atoms with Crippen LogP contribution in [0.4, 0.5) is 0 Å². The molecule has 0 fully saturated rings. The molecule has 0 bridgehead atoms. The largest absolute Gasteiger partial charge is 0.392 e. The SMILES string of the molecule is CC(O)CNCCNC(=O)c1ccc[nH]c1=O. The fourth-order valence-electron chi connectivity index (χ4n) is 1.27. The van der Waals surface area contributed by atoms with Crippen LogP contribution in [0, 0.1) is 0 Å². The predicted octanol–water partition coefficient (Wildman–Crippen LogP) is -0.925. The maximum Gasteiger partial charge on any atom is 0.260 e. The van der Waals surface area contributed by atoms with Crippen LogP contribution >= 0.6 is 0 Å². The maximum atomic E-state index is 11.6. The van der Waals surface area contributed by atoms with Crippen molar-refractivity contribution < 1.29 is 9.90 Å². The molecule has 1 aromatic heterocycles. The van der Waals surface area contributed by atoms with Crippen LogP contribution in [0.2, 0.25) is 0 Å². The Balaban J connectivity index is 2.31. The number of amides is 1. The van der Waals surface area contributed by atoms with Crippen LogP contribution in [0.3, 0.4) is 0 Å². The normalized spacial score (nSPS) is 12.1. The molecule has 0 saturated heterocycles. The average Bonchev–Trinajstić information content (AvgIpc) is 2.28. The first-order chi connectivity index (χ1) is 8.11. The summed E-state index contributed by atoms with van der Waals surface area (Å²) in [5.74, 6) is -0.398. The topological polar surface area (TPSA) is 94.2 Å². The van der Waals surface area contributed by atoms with Crippen LogP contribution in [0.25, 0.3) is 0 Å². The smallest absolute Gasteiger partial charge is 0.260 e. The second-order valence-electron chi connectivity index (χ2n) is 3.72. The lowest BCUT2D eigenvalue weighted by atomic mass is 10.2. The van der Waals surface area contributed by atoms with Gasteiger partial charge in [-0.05, 0) is 19.1 Å². The number of aromatic nitrogens is 1. The number of nitrogens with one attached hydrogen (secondary N) is 3. The van der Waals surface area contributed by atoms with Gasteiger partial charge in [-0.3, -0.25) is 9.59 Å². The highest BCUT2D eigenvalue weighted by atomic mass is 16.3. The number of aliphatic hydroxyl groups is 1. The summed E-state index contributed by atoms with van der Waals surface area (Å²) in [4.78, 5) is 25.3. The van der Waals surface area contributed by atoms with Gasteiger partial charge in [-0.15, -0.1) is 0 Å². The number of hydrogen-bond donors (Lipinski definition) is 4. The molecule has 0 aliphatic rings. The van der Waals surface area contributed by atoms with E-state index in [4.69, 9.17) is 5.11 Å². The highest BCUT2D eigenvalue weighted by Crippen LogP contribution is 1.88. The Labute approximate surface area is 99.1 Å². The van der Waals surface area contributed by atoms with Gasteiger partial charge in [0.2, 0.25) is 0 Å². The first-order valence-electron chi connectivity index (χ1n) is 5.46. The lowest BCUT2D eigenvalue weighted by Crippen LogP contribution is -2.36. The van der Waals surface area contributed by atoms with Gasteiger partial charge in [0.15, 0.2) is 0 Å². The summed E-state index contributed by atoms with van der Waals surface area (Å²) in [6.07, 6.45) is 1.06. The average molecular weight is 239 g/mol. The molecule has 6 nitrogen and oxygen atoms in total. The molecule has 94 valence electrons. The molecule has 1 rings (SSSR count). The summed E-state index contributed by atoms with van der Waals surface area (Å²) in [6, 6.07) is 3.07. The monoisotopic (exact) mass is 239 g/mol. The minimum absolute atomic E-state index is 0.100. The molecule has 0 aliphatic carbocycles. The van der Waals surface area contributed by atoms with E-state index in [2.05, 4.69) is 15.6 Å². The number of carbonyl (C=O) groups excluding carboxylic acids is 1. The van der Waals surface area contributed by atoms with E-state index in [-0.39, 0.29) is 5.56 Å². The van der Waals surface area contributed by atoms with E-state index in [0.29, 0.717) is 19.6 Å². The quantitative estimate of drug-likeness (QED) is 0.483. The third-order valence-corrected chi connectivity index (χ3v) is 2.09. The molecule has 1 heterocycles. The van der Waals surface area contributed by atoms with Crippen LogP contribution in [-0.4, -0.2) is 41.7 Å². The van der Waals surface area contributed by atoms with Gasteiger partial charge in [-0.2, -0.15) is 0 Å². The Morgan fingerprint density at radius 2 is 2.29 bits per heavy atom. The van der Waals surface area contributed by atoms with Gasteiger partial charge < -0.3 is 20.7 Å². The number of hydrogen-bond acceptors (Lipinski definition) is 4. The molecule has 1 unspecified atom stereocenters. The lowest BCUT2D eigenvalue weighted by Gasteiger charge is -2.07. The zero-order chi connectivity index (χ0) is 12.7. The Hall–Kier alpha value is -1.66. The molecule has 1 amide bonds. The Bertz CT molecular complexity index is 414. The van der Waals surface area contributed by atoms with Gasteiger partial charge in [-0.25, -0.2) is 0 Å². The summed E-state index contributed by atoms with van der Waals surface area (Å²) in [5, 5.41) is 14.5.